The smallest absolute Gasteiger partial charge is 0.276 e. The van der Waals surface area contributed by atoms with Crippen LogP contribution in [0, 0.1) is 0 Å². The van der Waals surface area contributed by atoms with E-state index >= 15 is 0 Å². The van der Waals surface area contributed by atoms with E-state index in [0.29, 0.717) is 23.4 Å². The van der Waals surface area contributed by atoms with Gasteiger partial charge >= 0.3 is 0 Å². The van der Waals surface area contributed by atoms with Crippen LogP contribution in [0.25, 0.3) is 21.9 Å². The van der Waals surface area contributed by atoms with E-state index < -0.39 is 9.84 Å². The first-order valence-electron chi connectivity index (χ1n) is 10.2. The number of benzene rings is 3. The van der Waals surface area contributed by atoms with Gasteiger partial charge in [-0.25, -0.2) is 8.42 Å². The van der Waals surface area contributed by atoms with Crippen molar-refractivity contribution >= 4 is 43.4 Å². The standard InChI is InChI=1S/C24H19N5O3S/c1-33(31,32)18-9-6-16(7-10-18)15-29-22-5-3-2-4-19(22)23(28-29)24(30)27-17-8-11-20-21(14-17)26-13-12-25-20/h2-14H,15H2,1H3,(H,27,30). The molecule has 5 rings (SSSR count). The minimum Gasteiger partial charge on any atom is -0.320 e. The van der Waals surface area contributed by atoms with Crippen molar-refractivity contribution in [2.45, 2.75) is 11.4 Å². The molecule has 9 heteroatoms. The van der Waals surface area contributed by atoms with Gasteiger partial charge in [-0.15, -0.1) is 0 Å². The Bertz CT molecular complexity index is 1610. The predicted octanol–water partition coefficient (Wildman–Crippen LogP) is 3.68. The van der Waals surface area contributed by atoms with Crippen LogP contribution in [0.15, 0.2) is 84.0 Å². The number of carbonyl (C=O) groups excluding carboxylic acids is 1. The summed E-state index contributed by atoms with van der Waals surface area (Å²) < 4.78 is 25.2. The Morgan fingerprint density at radius 3 is 2.42 bits per heavy atom. The summed E-state index contributed by atoms with van der Waals surface area (Å²) >= 11 is 0. The molecule has 3 aromatic carbocycles. The van der Waals surface area contributed by atoms with Gasteiger partial charge in [0.15, 0.2) is 15.5 Å². The molecule has 1 amide bonds. The van der Waals surface area contributed by atoms with Gasteiger partial charge in [-0.1, -0.05) is 30.3 Å². The van der Waals surface area contributed by atoms with E-state index in [1.165, 1.54) is 6.26 Å². The molecule has 1 N–H and O–H groups in total. The molecule has 0 spiro atoms. The zero-order chi connectivity index (χ0) is 23.0. The first-order chi connectivity index (χ1) is 15.9. The third kappa shape index (κ3) is 4.18. The van der Waals surface area contributed by atoms with Crippen molar-refractivity contribution in [3.8, 4) is 0 Å². The lowest BCUT2D eigenvalue weighted by atomic mass is 10.2. The van der Waals surface area contributed by atoms with E-state index in [1.54, 1.807) is 59.5 Å². The summed E-state index contributed by atoms with van der Waals surface area (Å²) in [6, 6.07) is 19.5. The Hall–Kier alpha value is -4.11. The molecule has 0 aliphatic rings. The van der Waals surface area contributed by atoms with E-state index in [0.717, 1.165) is 22.0 Å². The third-order valence-corrected chi connectivity index (χ3v) is 6.41. The highest BCUT2D eigenvalue weighted by molar-refractivity contribution is 7.90. The van der Waals surface area contributed by atoms with E-state index in [1.807, 2.05) is 24.3 Å². The summed E-state index contributed by atoms with van der Waals surface area (Å²) in [6.07, 6.45) is 4.40. The average Bonchev–Trinajstić information content (AvgIpc) is 3.17. The fourth-order valence-electron chi connectivity index (χ4n) is 3.66. The fraction of sp³-hybridized carbons (Fsp3) is 0.0833. The highest BCUT2D eigenvalue weighted by atomic mass is 32.2. The molecule has 2 aromatic heterocycles. The number of amides is 1. The van der Waals surface area contributed by atoms with Crippen LogP contribution in [0.2, 0.25) is 0 Å². The van der Waals surface area contributed by atoms with Gasteiger partial charge in [0, 0.05) is 29.7 Å². The second-order valence-corrected chi connectivity index (χ2v) is 9.67. The maximum atomic E-state index is 13.1. The number of carbonyl (C=O) groups is 1. The number of aromatic nitrogens is 4. The van der Waals surface area contributed by atoms with Gasteiger partial charge in [-0.3, -0.25) is 19.4 Å². The van der Waals surface area contributed by atoms with Crippen LogP contribution in [-0.4, -0.2) is 40.3 Å². The van der Waals surface area contributed by atoms with Gasteiger partial charge in [-0.2, -0.15) is 5.10 Å². The first kappa shape index (κ1) is 20.8. The number of nitrogens with one attached hydrogen (secondary N) is 1. The highest BCUT2D eigenvalue weighted by Gasteiger charge is 2.18. The van der Waals surface area contributed by atoms with Crippen LogP contribution in [-0.2, 0) is 16.4 Å². The van der Waals surface area contributed by atoms with E-state index in [9.17, 15) is 13.2 Å². The zero-order valence-corrected chi connectivity index (χ0v) is 18.5. The van der Waals surface area contributed by atoms with Crippen LogP contribution >= 0.6 is 0 Å². The predicted molar refractivity (Wildman–Crippen MR) is 126 cm³/mol. The van der Waals surface area contributed by atoms with Gasteiger partial charge in [0.25, 0.3) is 5.91 Å². The Morgan fingerprint density at radius 1 is 0.939 bits per heavy atom. The minimum atomic E-state index is -3.26. The fourth-order valence-corrected chi connectivity index (χ4v) is 4.29. The number of para-hydroxylation sites is 1. The molecule has 33 heavy (non-hydrogen) atoms. The molecule has 0 radical (unpaired) electrons. The number of sulfone groups is 1. The minimum absolute atomic E-state index is 0.261. The second-order valence-electron chi connectivity index (χ2n) is 7.65. The quantitative estimate of drug-likeness (QED) is 0.431. The number of fused-ring (bicyclic) bond motifs is 2. The summed E-state index contributed by atoms with van der Waals surface area (Å²) in [7, 11) is -3.26. The van der Waals surface area contributed by atoms with Crippen LogP contribution < -0.4 is 5.32 Å². The lowest BCUT2D eigenvalue weighted by Gasteiger charge is -2.05. The highest BCUT2D eigenvalue weighted by Crippen LogP contribution is 2.22. The maximum absolute atomic E-state index is 13.1. The zero-order valence-electron chi connectivity index (χ0n) is 17.6. The molecule has 0 atom stereocenters. The molecular weight excluding hydrogens is 438 g/mol. The van der Waals surface area contributed by atoms with Gasteiger partial charge in [0.2, 0.25) is 0 Å². The first-order valence-corrected chi connectivity index (χ1v) is 12.0. The Morgan fingerprint density at radius 2 is 1.67 bits per heavy atom. The van der Waals surface area contributed by atoms with Crippen molar-refractivity contribution in [2.75, 3.05) is 11.6 Å². The molecule has 5 aromatic rings. The maximum Gasteiger partial charge on any atom is 0.276 e. The molecule has 0 saturated heterocycles. The lowest BCUT2D eigenvalue weighted by molar-refractivity contribution is 0.102. The van der Waals surface area contributed by atoms with E-state index in [-0.39, 0.29) is 10.8 Å². The van der Waals surface area contributed by atoms with Crippen LogP contribution in [0.5, 0.6) is 0 Å². The molecule has 164 valence electrons. The number of anilines is 1. The van der Waals surface area contributed by atoms with Crippen molar-refractivity contribution in [1.82, 2.24) is 19.7 Å². The molecule has 0 unspecified atom stereocenters. The normalized spacial score (nSPS) is 11.7. The van der Waals surface area contributed by atoms with Crippen LogP contribution in [0.4, 0.5) is 5.69 Å². The summed E-state index contributed by atoms with van der Waals surface area (Å²) in [5.74, 6) is -0.333. The molecule has 0 aliphatic carbocycles. The summed E-state index contributed by atoms with van der Waals surface area (Å²) in [5.41, 5.74) is 4.01. The van der Waals surface area contributed by atoms with E-state index in [4.69, 9.17) is 0 Å². The second kappa shape index (κ2) is 8.10. The Labute approximate surface area is 189 Å². The molecule has 0 fully saturated rings. The molecular formula is C24H19N5O3S. The van der Waals surface area contributed by atoms with Gasteiger partial charge in [0.05, 0.1) is 28.0 Å². The monoisotopic (exact) mass is 457 g/mol. The van der Waals surface area contributed by atoms with Crippen molar-refractivity contribution in [3.63, 3.8) is 0 Å². The molecule has 0 saturated carbocycles. The summed E-state index contributed by atoms with van der Waals surface area (Å²) in [5, 5.41) is 8.19. The van der Waals surface area contributed by atoms with Gasteiger partial charge in [-0.05, 0) is 42.0 Å². The van der Waals surface area contributed by atoms with Gasteiger partial charge < -0.3 is 5.32 Å². The number of nitrogens with zero attached hydrogens (tertiary/aromatic N) is 4. The number of hydrogen-bond donors (Lipinski definition) is 1. The Kier molecular flexibility index (Phi) is 5.10. The largest absolute Gasteiger partial charge is 0.320 e. The number of hydrogen-bond acceptors (Lipinski definition) is 6. The lowest BCUT2D eigenvalue weighted by Crippen LogP contribution is -2.14. The summed E-state index contributed by atoms with van der Waals surface area (Å²) in [6.45, 7) is 0.392. The number of rotatable bonds is 5. The third-order valence-electron chi connectivity index (χ3n) is 5.28. The van der Waals surface area contributed by atoms with Gasteiger partial charge in [0.1, 0.15) is 0 Å². The topological polar surface area (TPSA) is 107 Å². The molecule has 2 heterocycles. The molecule has 0 aliphatic heterocycles. The summed E-state index contributed by atoms with van der Waals surface area (Å²) in [4.78, 5) is 21.9. The van der Waals surface area contributed by atoms with Crippen molar-refractivity contribution < 1.29 is 13.2 Å². The van der Waals surface area contributed by atoms with Crippen molar-refractivity contribution in [1.29, 1.82) is 0 Å². The average molecular weight is 458 g/mol. The SMILES string of the molecule is CS(=O)(=O)c1ccc(Cn2nc(C(=O)Nc3ccc4nccnc4c3)c3ccccc32)cc1. The van der Waals surface area contributed by atoms with Crippen LogP contribution in [0.1, 0.15) is 16.1 Å². The van der Waals surface area contributed by atoms with Crippen molar-refractivity contribution in [3.05, 3.63) is 90.4 Å². The van der Waals surface area contributed by atoms with Crippen molar-refractivity contribution in [2.24, 2.45) is 0 Å². The molecule has 8 nitrogen and oxygen atoms in total. The molecule has 0 bridgehead atoms. The van der Waals surface area contributed by atoms with Crippen LogP contribution in [0.3, 0.4) is 0 Å². The Balaban J connectivity index is 1.45. The van der Waals surface area contributed by atoms with E-state index in [2.05, 4.69) is 20.4 Å².